The SMILES string of the molecule is CC(C)S(=O)(=O)c1ccc(-c2cnc3[nH]cc(C(=O)NC4CN(C(=O)OC(C)(C)C)C4)c3n2)cc1.CC(c1ccccc1F)N(C)C(=O)c1c[nH]c2ncc(-c3ccc(S(=O)(=O)C(C)C)cc3)nc12.COC[C@H](C)NC(=O)c1c[nH]c2ncc(-c3ccc(S(=O)(=O)C(C)C)cc3)nc12.[HH].[HH]. The van der Waals surface area contributed by atoms with Crippen LogP contribution in [0.15, 0.2) is 149 Å². The number of nitrogens with one attached hydrogen (secondary N) is 5. The average Bonchev–Trinajstić information content (AvgIpc) is 1.81. The Morgan fingerprint density at radius 3 is 1.35 bits per heavy atom. The third kappa shape index (κ3) is 16.1. The van der Waals surface area contributed by atoms with Crippen LogP contribution in [0.2, 0.25) is 0 Å². The van der Waals surface area contributed by atoms with E-state index in [1.807, 2.05) is 6.92 Å². The number of hydrogen-bond acceptors (Lipinski definition) is 18. The van der Waals surface area contributed by atoms with Gasteiger partial charge < -0.3 is 44.9 Å². The molecule has 98 heavy (non-hydrogen) atoms. The number of carbonyl (C=O) groups is 4. The third-order valence-corrected chi connectivity index (χ3v) is 22.6. The van der Waals surface area contributed by atoms with E-state index in [-0.39, 0.29) is 53.2 Å². The molecule has 11 rings (SSSR count). The Bertz CT molecular complexity index is 4950. The molecule has 6 aromatic heterocycles. The highest BCUT2D eigenvalue weighted by atomic mass is 32.2. The van der Waals surface area contributed by atoms with Gasteiger partial charge in [-0.3, -0.25) is 14.4 Å². The van der Waals surface area contributed by atoms with E-state index in [1.54, 1.807) is 212 Å². The molecule has 25 nitrogen and oxygen atoms in total. The number of fused-ring (bicyclic) bond motifs is 3. The number of aromatic nitrogens is 9. The van der Waals surface area contributed by atoms with Crippen molar-refractivity contribution >= 4 is 86.8 Å². The average molecular weight is 1400 g/mol. The summed E-state index contributed by atoms with van der Waals surface area (Å²) in [4.78, 5) is 90.3. The molecule has 0 bridgehead atoms. The summed E-state index contributed by atoms with van der Waals surface area (Å²) in [6.45, 7) is 20.0. The van der Waals surface area contributed by atoms with Crippen LogP contribution >= 0.6 is 0 Å². The van der Waals surface area contributed by atoms with Crippen molar-refractivity contribution in [1.82, 2.24) is 65.3 Å². The number of benzene rings is 4. The van der Waals surface area contributed by atoms with Crippen molar-refractivity contribution in [2.45, 2.75) is 130 Å². The second kappa shape index (κ2) is 29.5. The van der Waals surface area contributed by atoms with Crippen LogP contribution in [-0.2, 0) is 39.0 Å². The molecule has 4 amide bonds. The van der Waals surface area contributed by atoms with E-state index in [0.29, 0.717) is 109 Å². The minimum atomic E-state index is -3.38. The summed E-state index contributed by atoms with van der Waals surface area (Å²) in [5, 5.41) is 4.23. The number of hydrogen-bond donors (Lipinski definition) is 5. The summed E-state index contributed by atoms with van der Waals surface area (Å²) in [7, 11) is -6.91. The summed E-state index contributed by atoms with van der Waals surface area (Å²) < 4.78 is 98.7. The molecule has 1 unspecified atom stereocenters. The van der Waals surface area contributed by atoms with Crippen molar-refractivity contribution in [2.24, 2.45) is 0 Å². The quantitative estimate of drug-likeness (QED) is 0.0533. The topological polar surface area (TPSA) is 344 Å². The van der Waals surface area contributed by atoms with Crippen molar-refractivity contribution in [2.75, 3.05) is 33.9 Å². The fraction of sp³-hybridized carbons (Fsp3) is 0.333. The van der Waals surface area contributed by atoms with Crippen LogP contribution in [0.3, 0.4) is 0 Å². The van der Waals surface area contributed by atoms with Crippen LogP contribution in [0.1, 0.15) is 122 Å². The second-order valence-electron chi connectivity index (χ2n) is 25.3. The molecule has 1 aliphatic heterocycles. The standard InChI is InChI=1S/C25H25FN4O3S.C24H29N5O5S.C20H24N4O4S.2H2/c1-15(2)34(32,33)18-11-9-17(10-12-18)22-14-28-24-23(29-22)20(13-27-24)25(31)30(4)16(3)19-7-5-6-8-21(19)26;1-14(2)35(32,33)17-8-6-15(7-9-17)19-11-26-21-20(28-19)18(10-25-21)22(30)27-16-12-29(13-16)23(31)34-24(3,4)5;1-12(2)29(26,27)15-7-5-14(6-8-15)17-10-22-19-18(24-17)16(9-21-19)20(25)23-13(3)11-28-4;;/h5-16H,1-4H3,(H,27,28);6-11,14,16H,12-13H2,1-5H3,(H,25,26)(H,27,30);5-10,12-13H,11H2,1-4H3,(H,21,22)(H,23,25);2*1H/t;;13-;;/m..0../s1. The van der Waals surface area contributed by atoms with E-state index >= 15 is 0 Å². The lowest BCUT2D eigenvalue weighted by atomic mass is 10.1. The first-order chi connectivity index (χ1) is 46.2. The normalized spacial score (nSPS) is 13.5. The van der Waals surface area contributed by atoms with Gasteiger partial charge in [0.25, 0.3) is 17.7 Å². The van der Waals surface area contributed by atoms with Crippen molar-refractivity contribution in [1.29, 1.82) is 0 Å². The maximum atomic E-state index is 14.2. The number of methoxy groups -OCH3 is 1. The van der Waals surface area contributed by atoms with E-state index in [1.165, 1.54) is 15.9 Å². The predicted molar refractivity (Wildman–Crippen MR) is 374 cm³/mol. The number of aromatic amines is 3. The highest BCUT2D eigenvalue weighted by Gasteiger charge is 2.36. The Balaban J connectivity index is 0.000000210. The van der Waals surface area contributed by atoms with Gasteiger partial charge in [-0.1, -0.05) is 54.6 Å². The lowest BCUT2D eigenvalue weighted by Gasteiger charge is -2.39. The Labute approximate surface area is 570 Å². The van der Waals surface area contributed by atoms with Gasteiger partial charge in [0, 0.05) is 77.0 Å². The molecule has 1 saturated heterocycles. The summed E-state index contributed by atoms with van der Waals surface area (Å²) in [5.74, 6) is -1.30. The summed E-state index contributed by atoms with van der Waals surface area (Å²) in [6.07, 6.45) is 8.97. The van der Waals surface area contributed by atoms with Crippen LogP contribution < -0.4 is 10.6 Å². The highest BCUT2D eigenvalue weighted by molar-refractivity contribution is 7.92. The molecule has 5 N–H and O–H groups in total. The highest BCUT2D eigenvalue weighted by Crippen LogP contribution is 2.30. The van der Waals surface area contributed by atoms with Gasteiger partial charge in [-0.2, -0.15) is 0 Å². The Kier molecular flexibility index (Phi) is 21.8. The molecule has 1 fully saturated rings. The van der Waals surface area contributed by atoms with Crippen molar-refractivity contribution in [3.8, 4) is 33.8 Å². The molecular formula is C69H82FN13O12S3. The summed E-state index contributed by atoms with van der Waals surface area (Å²) >= 11 is 0. The van der Waals surface area contributed by atoms with Gasteiger partial charge in [-0.05, 0) is 119 Å². The zero-order valence-electron chi connectivity index (χ0n) is 56.4. The number of likely N-dealkylation sites (tertiary alicyclic amines) is 1. The van der Waals surface area contributed by atoms with E-state index in [2.05, 4.69) is 55.5 Å². The number of nitrogens with zero attached hydrogens (tertiary/aromatic N) is 8. The van der Waals surface area contributed by atoms with Gasteiger partial charge in [0.15, 0.2) is 46.5 Å². The predicted octanol–water partition coefficient (Wildman–Crippen LogP) is 11.0. The number of sulfone groups is 3. The molecule has 0 saturated carbocycles. The first-order valence-corrected chi connectivity index (χ1v) is 36.0. The maximum Gasteiger partial charge on any atom is 0.410 e. The summed E-state index contributed by atoms with van der Waals surface area (Å²) in [6, 6.07) is 24.9. The maximum absolute atomic E-state index is 14.2. The van der Waals surface area contributed by atoms with Gasteiger partial charge in [0.05, 0.1) is 101 Å². The molecule has 2 atom stereocenters. The first kappa shape index (κ1) is 72.4. The molecular weight excluding hydrogens is 1320 g/mol. The Hall–Kier alpha value is -9.84. The van der Waals surface area contributed by atoms with Gasteiger partial charge >= 0.3 is 6.09 Å². The number of halogens is 1. The van der Waals surface area contributed by atoms with Crippen molar-refractivity contribution in [3.05, 3.63) is 162 Å². The van der Waals surface area contributed by atoms with Gasteiger partial charge in [-0.25, -0.2) is 64.3 Å². The smallest absolute Gasteiger partial charge is 0.410 e. The third-order valence-electron chi connectivity index (χ3n) is 16.1. The molecule has 7 heterocycles. The molecule has 1 aliphatic rings. The fourth-order valence-electron chi connectivity index (χ4n) is 10.2. The van der Waals surface area contributed by atoms with Crippen LogP contribution in [0.5, 0.6) is 0 Å². The minimum absolute atomic E-state index is 0. The number of amides is 4. The molecule has 0 aliphatic carbocycles. The van der Waals surface area contributed by atoms with Crippen LogP contribution in [-0.4, -0.2) is 171 Å². The lowest BCUT2D eigenvalue weighted by Crippen LogP contribution is -2.61. The number of rotatable bonds is 18. The Morgan fingerprint density at radius 2 is 0.969 bits per heavy atom. The van der Waals surface area contributed by atoms with Gasteiger partial charge in [0.1, 0.15) is 28.0 Å². The van der Waals surface area contributed by atoms with E-state index in [4.69, 9.17) is 9.47 Å². The van der Waals surface area contributed by atoms with Crippen LogP contribution in [0, 0.1) is 5.82 Å². The molecule has 4 aromatic carbocycles. The van der Waals surface area contributed by atoms with Crippen molar-refractivity contribution in [3.63, 3.8) is 0 Å². The van der Waals surface area contributed by atoms with Crippen molar-refractivity contribution < 1.29 is 61.1 Å². The zero-order valence-corrected chi connectivity index (χ0v) is 58.8. The molecule has 29 heteroatoms. The second-order valence-corrected chi connectivity index (χ2v) is 32.8. The number of H-pyrrole nitrogens is 3. The van der Waals surface area contributed by atoms with E-state index in [9.17, 15) is 48.8 Å². The number of ether oxygens (including phenoxy) is 2. The fourth-order valence-corrected chi connectivity index (χ4v) is 13.3. The van der Waals surface area contributed by atoms with Gasteiger partial charge in [-0.15, -0.1) is 0 Å². The lowest BCUT2D eigenvalue weighted by molar-refractivity contribution is 0.00531. The van der Waals surface area contributed by atoms with Crippen LogP contribution in [0.25, 0.3) is 67.3 Å². The Morgan fingerprint density at radius 1 is 0.592 bits per heavy atom. The first-order valence-electron chi connectivity index (χ1n) is 31.4. The monoisotopic (exact) mass is 1400 g/mol. The van der Waals surface area contributed by atoms with Gasteiger partial charge in [0.2, 0.25) is 0 Å². The largest absolute Gasteiger partial charge is 0.444 e. The van der Waals surface area contributed by atoms with E-state index < -0.39 is 63.0 Å². The molecule has 10 aromatic rings. The number of carbonyl (C=O) groups excluding carboxylic acids is 4. The van der Waals surface area contributed by atoms with E-state index in [0.717, 1.165) is 0 Å². The molecule has 0 spiro atoms. The zero-order chi connectivity index (χ0) is 71.3. The minimum Gasteiger partial charge on any atom is -0.444 e. The molecule has 0 radical (unpaired) electrons. The molecule has 520 valence electrons. The van der Waals surface area contributed by atoms with Crippen LogP contribution in [0.4, 0.5) is 9.18 Å². The summed E-state index contributed by atoms with van der Waals surface area (Å²) in [5.41, 5.74) is 7.14.